The molecule has 0 aliphatic heterocycles. The molecule has 0 amide bonds. The van der Waals surface area contributed by atoms with Crippen LogP contribution in [-0.4, -0.2) is 23.7 Å². The molecule has 0 aliphatic carbocycles. The maximum absolute atomic E-state index is 13.9. The van der Waals surface area contributed by atoms with E-state index in [1.165, 1.54) is 7.05 Å². The van der Waals surface area contributed by atoms with Crippen LogP contribution in [0.4, 0.5) is 20.4 Å². The lowest BCUT2D eigenvalue weighted by molar-refractivity contribution is 0.223. The number of nitrogens with one attached hydrogen (secondary N) is 2. The molecule has 1 heterocycles. The van der Waals surface area contributed by atoms with E-state index in [2.05, 4.69) is 15.6 Å². The molecule has 2 rings (SSSR count). The Morgan fingerprint density at radius 3 is 2.33 bits per heavy atom. The molecule has 0 saturated carbocycles. The lowest BCUT2D eigenvalue weighted by Gasteiger charge is -2.30. The van der Waals surface area contributed by atoms with Gasteiger partial charge >= 0.3 is 0 Å². The predicted octanol–water partition coefficient (Wildman–Crippen LogP) is 2.72. The minimum Gasteiger partial charge on any atom is -0.394 e. The summed E-state index contributed by atoms with van der Waals surface area (Å²) >= 11 is 0. The zero-order chi connectivity index (χ0) is 15.5. The van der Waals surface area contributed by atoms with Crippen molar-refractivity contribution in [3.8, 4) is 0 Å². The number of pyridine rings is 1. The molecule has 0 spiro atoms. The second-order valence-corrected chi connectivity index (χ2v) is 4.88. The van der Waals surface area contributed by atoms with E-state index >= 15 is 0 Å². The van der Waals surface area contributed by atoms with Crippen molar-refractivity contribution in [1.82, 2.24) is 4.98 Å². The summed E-state index contributed by atoms with van der Waals surface area (Å²) in [6.45, 7) is 1.44. The maximum Gasteiger partial charge on any atom is 0.168 e. The van der Waals surface area contributed by atoms with E-state index in [4.69, 9.17) is 0 Å². The summed E-state index contributed by atoms with van der Waals surface area (Å²) in [5, 5.41) is 15.1. The van der Waals surface area contributed by atoms with Crippen molar-refractivity contribution in [1.29, 1.82) is 0 Å². The van der Waals surface area contributed by atoms with Gasteiger partial charge in [-0.15, -0.1) is 0 Å². The molecule has 112 valence electrons. The topological polar surface area (TPSA) is 57.2 Å². The number of aromatic nitrogens is 1. The fraction of sp³-hybridized carbons (Fsp3) is 0.267. The van der Waals surface area contributed by atoms with E-state index in [0.717, 1.165) is 11.6 Å². The number of aliphatic hydroxyl groups excluding tert-OH is 1. The molecular weight excluding hydrogens is 276 g/mol. The summed E-state index contributed by atoms with van der Waals surface area (Å²) in [4.78, 5) is 3.87. The fourth-order valence-corrected chi connectivity index (χ4v) is 2.00. The molecule has 1 atom stereocenters. The van der Waals surface area contributed by atoms with E-state index in [0.29, 0.717) is 0 Å². The number of halogens is 2. The molecule has 21 heavy (non-hydrogen) atoms. The van der Waals surface area contributed by atoms with Gasteiger partial charge in [0.1, 0.15) is 0 Å². The third kappa shape index (κ3) is 3.11. The largest absolute Gasteiger partial charge is 0.394 e. The van der Waals surface area contributed by atoms with Crippen molar-refractivity contribution >= 4 is 11.6 Å². The third-order valence-corrected chi connectivity index (χ3v) is 3.29. The van der Waals surface area contributed by atoms with Crippen LogP contribution in [0.2, 0.25) is 0 Å². The van der Waals surface area contributed by atoms with Crippen LogP contribution < -0.4 is 10.6 Å². The average Bonchev–Trinajstić information content (AvgIpc) is 2.50. The quantitative estimate of drug-likeness (QED) is 0.793. The highest BCUT2D eigenvalue weighted by Crippen LogP contribution is 2.27. The van der Waals surface area contributed by atoms with Crippen molar-refractivity contribution in [2.24, 2.45) is 0 Å². The first-order valence-electron chi connectivity index (χ1n) is 6.48. The molecule has 0 radical (unpaired) electrons. The summed E-state index contributed by atoms with van der Waals surface area (Å²) in [6.07, 6.45) is 0. The third-order valence-electron chi connectivity index (χ3n) is 3.29. The number of hydrogen-bond acceptors (Lipinski definition) is 4. The molecule has 1 unspecified atom stereocenters. The highest BCUT2D eigenvalue weighted by Gasteiger charge is 2.27. The van der Waals surface area contributed by atoms with Gasteiger partial charge in [0.05, 0.1) is 12.1 Å². The second-order valence-electron chi connectivity index (χ2n) is 4.88. The highest BCUT2D eigenvalue weighted by atomic mass is 19.1. The molecule has 0 saturated heterocycles. The molecule has 0 aliphatic rings. The molecule has 0 fully saturated rings. The maximum atomic E-state index is 13.9. The van der Waals surface area contributed by atoms with Gasteiger partial charge in [0.15, 0.2) is 23.3 Å². The van der Waals surface area contributed by atoms with Gasteiger partial charge in [-0.2, -0.15) is 0 Å². The summed E-state index contributed by atoms with van der Waals surface area (Å²) < 4.78 is 27.3. The highest BCUT2D eigenvalue weighted by molar-refractivity contribution is 5.50. The first-order chi connectivity index (χ1) is 10.00. The molecule has 1 aromatic carbocycles. The summed E-state index contributed by atoms with van der Waals surface area (Å²) in [7, 11) is 1.50. The number of anilines is 2. The summed E-state index contributed by atoms with van der Waals surface area (Å²) in [5.41, 5.74) is -0.165. The van der Waals surface area contributed by atoms with Gasteiger partial charge < -0.3 is 15.7 Å². The Bertz CT molecular complexity index is 622. The Balaban J connectivity index is 2.39. The smallest absolute Gasteiger partial charge is 0.168 e. The van der Waals surface area contributed by atoms with Gasteiger partial charge in [-0.05, 0) is 12.5 Å². The monoisotopic (exact) mass is 293 g/mol. The van der Waals surface area contributed by atoms with Gasteiger partial charge in [0.25, 0.3) is 0 Å². The molecular formula is C15H17F2N3O. The van der Waals surface area contributed by atoms with Crippen molar-refractivity contribution < 1.29 is 13.9 Å². The van der Waals surface area contributed by atoms with Gasteiger partial charge in [-0.25, -0.2) is 13.8 Å². The standard InChI is InChI=1S/C15H17F2N3O/c1-15(9-21,10-6-4-3-5-7-10)20-14-12(17)8-11(16)13(18-2)19-14/h3-8,21H,9H2,1-2H3,(H2,18,19,20). The summed E-state index contributed by atoms with van der Waals surface area (Å²) in [5.74, 6) is -1.78. The van der Waals surface area contributed by atoms with Crippen molar-refractivity contribution in [3.05, 3.63) is 53.6 Å². The Kier molecular flexibility index (Phi) is 4.37. The fourth-order valence-electron chi connectivity index (χ4n) is 2.00. The number of aliphatic hydroxyl groups is 1. The van der Waals surface area contributed by atoms with Gasteiger partial charge in [0.2, 0.25) is 0 Å². The Labute approximate surface area is 121 Å². The SMILES string of the molecule is CNc1nc(NC(C)(CO)c2ccccc2)c(F)cc1F. The zero-order valence-corrected chi connectivity index (χ0v) is 11.8. The predicted molar refractivity (Wildman–Crippen MR) is 78.2 cm³/mol. The van der Waals surface area contributed by atoms with Crippen molar-refractivity contribution in [2.75, 3.05) is 24.3 Å². The molecule has 4 nitrogen and oxygen atoms in total. The lowest BCUT2D eigenvalue weighted by Crippen LogP contribution is -2.36. The number of rotatable bonds is 5. The molecule has 1 aromatic heterocycles. The normalized spacial score (nSPS) is 13.6. The van der Waals surface area contributed by atoms with Gasteiger partial charge in [-0.3, -0.25) is 0 Å². The minimum atomic E-state index is -0.933. The Morgan fingerprint density at radius 2 is 1.76 bits per heavy atom. The first kappa shape index (κ1) is 15.2. The molecule has 0 bridgehead atoms. The molecule has 2 aromatic rings. The van der Waals surface area contributed by atoms with Crippen LogP contribution >= 0.6 is 0 Å². The van der Waals surface area contributed by atoms with Crippen LogP contribution in [0, 0.1) is 11.6 Å². The summed E-state index contributed by atoms with van der Waals surface area (Å²) in [6, 6.07) is 9.85. The zero-order valence-electron chi connectivity index (χ0n) is 11.8. The average molecular weight is 293 g/mol. The first-order valence-corrected chi connectivity index (χ1v) is 6.48. The van der Waals surface area contributed by atoms with Crippen molar-refractivity contribution in [3.63, 3.8) is 0 Å². The van der Waals surface area contributed by atoms with Crippen LogP contribution in [0.1, 0.15) is 12.5 Å². The lowest BCUT2D eigenvalue weighted by atomic mass is 9.93. The number of hydrogen-bond donors (Lipinski definition) is 3. The Hall–Kier alpha value is -2.21. The van der Waals surface area contributed by atoms with E-state index in [9.17, 15) is 13.9 Å². The Morgan fingerprint density at radius 1 is 1.14 bits per heavy atom. The van der Waals surface area contributed by atoms with Gasteiger partial charge in [0, 0.05) is 13.1 Å². The van der Waals surface area contributed by atoms with Crippen LogP contribution in [0.15, 0.2) is 36.4 Å². The molecule has 6 heteroatoms. The second kappa shape index (κ2) is 6.05. The van der Waals surface area contributed by atoms with Crippen LogP contribution in [0.25, 0.3) is 0 Å². The minimum absolute atomic E-state index is 0.0627. The number of nitrogens with zero attached hydrogens (tertiary/aromatic N) is 1. The number of benzene rings is 1. The van der Waals surface area contributed by atoms with E-state index in [1.54, 1.807) is 6.92 Å². The van der Waals surface area contributed by atoms with E-state index < -0.39 is 17.2 Å². The molecule has 3 N–H and O–H groups in total. The van der Waals surface area contributed by atoms with Crippen LogP contribution in [0.5, 0.6) is 0 Å². The van der Waals surface area contributed by atoms with E-state index in [1.807, 2.05) is 30.3 Å². The van der Waals surface area contributed by atoms with Crippen LogP contribution in [-0.2, 0) is 5.54 Å². The van der Waals surface area contributed by atoms with Crippen LogP contribution in [0.3, 0.4) is 0 Å². The van der Waals surface area contributed by atoms with Gasteiger partial charge in [-0.1, -0.05) is 30.3 Å². The van der Waals surface area contributed by atoms with E-state index in [-0.39, 0.29) is 18.2 Å². The van der Waals surface area contributed by atoms with Crippen molar-refractivity contribution in [2.45, 2.75) is 12.5 Å².